The quantitative estimate of drug-likeness (QED) is 0.705. The number of ether oxygens (including phenoxy) is 3. The molecular formula is C19H17NO7S. The third-order valence-corrected chi connectivity index (χ3v) is 5.86. The summed E-state index contributed by atoms with van der Waals surface area (Å²) in [5, 5.41) is 0. The normalized spacial score (nSPS) is 14.8. The summed E-state index contributed by atoms with van der Waals surface area (Å²) < 4.78 is 41.0. The zero-order chi connectivity index (χ0) is 20.5. The van der Waals surface area contributed by atoms with Crippen LogP contribution in [0.25, 0.3) is 6.08 Å². The van der Waals surface area contributed by atoms with E-state index in [1.54, 1.807) is 12.1 Å². The number of fused-ring (bicyclic) bond motifs is 1. The zero-order valence-electron chi connectivity index (χ0n) is 15.3. The second-order valence-corrected chi connectivity index (χ2v) is 7.46. The number of carbonyl (C=O) groups excluding carboxylic acids is 2. The van der Waals surface area contributed by atoms with Crippen molar-refractivity contribution in [3.63, 3.8) is 0 Å². The molecule has 0 N–H and O–H groups in total. The lowest BCUT2D eigenvalue weighted by Crippen LogP contribution is -2.34. The Hall–Kier alpha value is -3.33. The molecule has 0 unspecified atom stereocenters. The number of carbonyl (C=O) groups is 2. The fraction of sp³-hybridized carbons (Fsp3) is 0.158. The molecule has 0 bridgehead atoms. The van der Waals surface area contributed by atoms with E-state index < -0.39 is 21.8 Å². The maximum Gasteiger partial charge on any atom is 0.276 e. The minimum Gasteiger partial charge on any atom is -0.493 e. The Kier molecular flexibility index (Phi) is 5.10. The van der Waals surface area contributed by atoms with Crippen molar-refractivity contribution >= 4 is 27.9 Å². The Labute approximate surface area is 162 Å². The van der Waals surface area contributed by atoms with Crippen molar-refractivity contribution in [1.29, 1.82) is 0 Å². The van der Waals surface area contributed by atoms with Crippen molar-refractivity contribution in [1.82, 2.24) is 4.31 Å². The minimum absolute atomic E-state index is 0.0305. The highest BCUT2D eigenvalue weighted by Gasteiger charge is 2.44. The topological polar surface area (TPSA) is 99.2 Å². The average Bonchev–Trinajstić information content (AvgIpc) is 2.91. The SMILES string of the molecule is COc1cc(/C=C/C(=O)N2C(=O)c3ccccc3S2(=O)=O)cc(OC)c1OC. The molecule has 3 rings (SSSR count). The van der Waals surface area contributed by atoms with Crippen LogP contribution < -0.4 is 14.2 Å². The molecule has 0 saturated heterocycles. The van der Waals surface area contributed by atoms with Gasteiger partial charge in [0.25, 0.3) is 21.8 Å². The molecule has 1 aliphatic heterocycles. The molecule has 2 amide bonds. The smallest absolute Gasteiger partial charge is 0.276 e. The second kappa shape index (κ2) is 7.35. The van der Waals surface area contributed by atoms with Gasteiger partial charge in [0, 0.05) is 6.08 Å². The van der Waals surface area contributed by atoms with Gasteiger partial charge >= 0.3 is 0 Å². The maximum atomic E-state index is 12.5. The van der Waals surface area contributed by atoms with Crippen LogP contribution in [0.1, 0.15) is 15.9 Å². The van der Waals surface area contributed by atoms with E-state index in [1.807, 2.05) is 0 Å². The lowest BCUT2D eigenvalue weighted by molar-refractivity contribution is -0.119. The lowest BCUT2D eigenvalue weighted by atomic mass is 10.1. The summed E-state index contributed by atoms with van der Waals surface area (Å²) in [5.74, 6) is -0.747. The van der Waals surface area contributed by atoms with Crippen molar-refractivity contribution in [2.75, 3.05) is 21.3 Å². The Morgan fingerprint density at radius 1 is 1.00 bits per heavy atom. The summed E-state index contributed by atoms with van der Waals surface area (Å²) >= 11 is 0. The standard InChI is InChI=1S/C19H17NO7S/c1-25-14-10-12(11-15(26-2)18(14)27-3)8-9-17(21)20-19(22)13-6-4-5-7-16(13)28(20,23)24/h4-11H,1-3H3/b9-8+. The fourth-order valence-corrected chi connectivity index (χ4v) is 4.33. The van der Waals surface area contributed by atoms with Crippen molar-refractivity contribution in [2.24, 2.45) is 0 Å². The number of methoxy groups -OCH3 is 3. The molecule has 8 nitrogen and oxygen atoms in total. The Morgan fingerprint density at radius 3 is 2.14 bits per heavy atom. The molecule has 0 fully saturated rings. The van der Waals surface area contributed by atoms with E-state index in [-0.39, 0.29) is 14.8 Å². The van der Waals surface area contributed by atoms with E-state index in [9.17, 15) is 18.0 Å². The third kappa shape index (κ3) is 3.09. The number of hydrogen-bond acceptors (Lipinski definition) is 7. The van der Waals surface area contributed by atoms with E-state index in [1.165, 1.54) is 51.7 Å². The summed E-state index contributed by atoms with van der Waals surface area (Å²) in [6.45, 7) is 0. The van der Waals surface area contributed by atoms with Crippen LogP contribution in [0.4, 0.5) is 0 Å². The van der Waals surface area contributed by atoms with Crippen LogP contribution in [0.5, 0.6) is 17.2 Å². The largest absolute Gasteiger partial charge is 0.493 e. The first kappa shape index (κ1) is 19.4. The van der Waals surface area contributed by atoms with E-state index in [4.69, 9.17) is 14.2 Å². The van der Waals surface area contributed by atoms with Crippen molar-refractivity contribution in [3.8, 4) is 17.2 Å². The van der Waals surface area contributed by atoms with Gasteiger partial charge in [-0.1, -0.05) is 12.1 Å². The van der Waals surface area contributed by atoms with Gasteiger partial charge in [-0.3, -0.25) is 9.59 Å². The highest BCUT2D eigenvalue weighted by atomic mass is 32.2. The summed E-state index contributed by atoms with van der Waals surface area (Å²) in [5.41, 5.74) is 0.460. The van der Waals surface area contributed by atoms with Gasteiger partial charge in [0.1, 0.15) is 4.90 Å². The monoisotopic (exact) mass is 403 g/mol. The van der Waals surface area contributed by atoms with Gasteiger partial charge in [-0.25, -0.2) is 8.42 Å². The van der Waals surface area contributed by atoms with Gasteiger partial charge in [-0.15, -0.1) is 0 Å². The summed E-state index contributed by atoms with van der Waals surface area (Å²) in [6.07, 6.45) is 2.36. The summed E-state index contributed by atoms with van der Waals surface area (Å²) in [6, 6.07) is 8.85. The van der Waals surface area contributed by atoms with Gasteiger partial charge in [-0.2, -0.15) is 4.31 Å². The fourth-order valence-electron chi connectivity index (χ4n) is 2.84. The average molecular weight is 403 g/mol. The van der Waals surface area contributed by atoms with E-state index in [0.717, 1.165) is 6.08 Å². The van der Waals surface area contributed by atoms with Gasteiger partial charge in [0.15, 0.2) is 11.5 Å². The van der Waals surface area contributed by atoms with E-state index >= 15 is 0 Å². The van der Waals surface area contributed by atoms with Crippen LogP contribution in [0, 0.1) is 0 Å². The minimum atomic E-state index is -4.22. The van der Waals surface area contributed by atoms with Crippen LogP contribution in [-0.2, 0) is 14.8 Å². The third-order valence-electron chi connectivity index (χ3n) is 4.13. The molecule has 0 saturated carbocycles. The summed E-state index contributed by atoms with van der Waals surface area (Å²) in [7, 11) is 0.131. The van der Waals surface area contributed by atoms with Crippen LogP contribution >= 0.6 is 0 Å². The number of sulfonamides is 1. The lowest BCUT2D eigenvalue weighted by Gasteiger charge is -2.13. The first-order valence-electron chi connectivity index (χ1n) is 8.06. The predicted octanol–water partition coefficient (Wildman–Crippen LogP) is 2.10. The van der Waals surface area contributed by atoms with Gasteiger partial charge in [0.2, 0.25) is 5.75 Å². The number of nitrogens with zero attached hydrogens (tertiary/aromatic N) is 1. The second-order valence-electron chi connectivity index (χ2n) is 5.70. The van der Waals surface area contributed by atoms with E-state index in [2.05, 4.69) is 0 Å². The summed E-state index contributed by atoms with van der Waals surface area (Å²) in [4.78, 5) is 24.7. The molecule has 28 heavy (non-hydrogen) atoms. The molecule has 0 aliphatic carbocycles. The van der Waals surface area contributed by atoms with Crippen molar-refractivity contribution in [3.05, 3.63) is 53.6 Å². The van der Waals surface area contributed by atoms with E-state index in [0.29, 0.717) is 22.8 Å². The Balaban J connectivity index is 1.94. The van der Waals surface area contributed by atoms with Crippen molar-refractivity contribution in [2.45, 2.75) is 4.90 Å². The van der Waals surface area contributed by atoms with Crippen molar-refractivity contribution < 1.29 is 32.2 Å². The number of hydrogen-bond donors (Lipinski definition) is 0. The van der Waals surface area contributed by atoms with Gasteiger partial charge in [0.05, 0.1) is 26.9 Å². The molecule has 0 atom stereocenters. The first-order chi connectivity index (χ1) is 13.3. The predicted molar refractivity (Wildman–Crippen MR) is 99.9 cm³/mol. The molecule has 0 aromatic heterocycles. The maximum absolute atomic E-state index is 12.5. The molecule has 1 aliphatic rings. The molecule has 0 radical (unpaired) electrons. The number of rotatable bonds is 5. The molecule has 1 heterocycles. The zero-order valence-corrected chi connectivity index (χ0v) is 16.1. The Bertz CT molecular complexity index is 1060. The molecular weight excluding hydrogens is 386 g/mol. The van der Waals surface area contributed by atoms with Gasteiger partial charge < -0.3 is 14.2 Å². The van der Waals surface area contributed by atoms with Crippen LogP contribution in [0.15, 0.2) is 47.4 Å². The molecule has 0 spiro atoms. The number of amides is 2. The van der Waals surface area contributed by atoms with Crippen LogP contribution in [0.3, 0.4) is 0 Å². The number of benzene rings is 2. The molecule has 9 heteroatoms. The molecule has 146 valence electrons. The number of imide groups is 1. The van der Waals surface area contributed by atoms with Crippen LogP contribution in [-0.4, -0.2) is 45.9 Å². The molecule has 2 aromatic rings. The van der Waals surface area contributed by atoms with Gasteiger partial charge in [-0.05, 0) is 35.9 Å². The highest BCUT2D eigenvalue weighted by Crippen LogP contribution is 2.38. The molecule has 2 aromatic carbocycles. The highest BCUT2D eigenvalue weighted by molar-refractivity contribution is 7.90. The van der Waals surface area contributed by atoms with Crippen LogP contribution in [0.2, 0.25) is 0 Å². The Morgan fingerprint density at radius 2 is 1.61 bits per heavy atom. The first-order valence-corrected chi connectivity index (χ1v) is 9.50.